The van der Waals surface area contributed by atoms with Gasteiger partial charge in [-0.1, -0.05) is 23.7 Å². The van der Waals surface area contributed by atoms with Gasteiger partial charge in [0.1, 0.15) is 5.75 Å². The molecular formula is C18H19ClN2O3S. The molecule has 0 saturated heterocycles. The number of halogens is 1. The predicted octanol–water partition coefficient (Wildman–Crippen LogP) is 4.01. The zero-order chi connectivity index (χ0) is 18.2. The molecule has 25 heavy (non-hydrogen) atoms. The van der Waals surface area contributed by atoms with Crippen molar-refractivity contribution in [1.29, 1.82) is 0 Å². The molecule has 0 bridgehead atoms. The third-order valence-corrected chi connectivity index (χ3v) is 3.89. The molecule has 5 nitrogen and oxygen atoms in total. The van der Waals surface area contributed by atoms with Gasteiger partial charge in [-0.25, -0.2) is 4.79 Å². The van der Waals surface area contributed by atoms with Crippen molar-refractivity contribution in [2.45, 2.75) is 13.5 Å². The predicted molar refractivity (Wildman–Crippen MR) is 103 cm³/mol. The largest absolute Gasteiger partial charge is 0.497 e. The van der Waals surface area contributed by atoms with Crippen molar-refractivity contribution in [2.24, 2.45) is 0 Å². The standard InChI is InChI=1S/C18H19ClN2O3S/c1-3-24-17(22)15-9-6-13(10-16(15)19)21-18(25)20-11-12-4-7-14(23-2)8-5-12/h4-10H,3,11H2,1-2H3,(H2,20,21,25). The van der Waals surface area contributed by atoms with Crippen LogP contribution in [0.2, 0.25) is 5.02 Å². The van der Waals surface area contributed by atoms with Gasteiger partial charge in [0.15, 0.2) is 5.11 Å². The van der Waals surface area contributed by atoms with Gasteiger partial charge in [0.25, 0.3) is 0 Å². The summed E-state index contributed by atoms with van der Waals surface area (Å²) in [6, 6.07) is 12.7. The van der Waals surface area contributed by atoms with Crippen molar-refractivity contribution < 1.29 is 14.3 Å². The van der Waals surface area contributed by atoms with Gasteiger partial charge < -0.3 is 20.1 Å². The molecule has 2 aromatic rings. The van der Waals surface area contributed by atoms with Gasteiger partial charge in [-0.05, 0) is 55.0 Å². The normalized spacial score (nSPS) is 10.0. The van der Waals surface area contributed by atoms with Crippen molar-refractivity contribution in [3.05, 3.63) is 58.6 Å². The summed E-state index contributed by atoms with van der Waals surface area (Å²) < 4.78 is 10.1. The second-order valence-electron chi connectivity index (χ2n) is 5.07. The molecule has 0 aliphatic rings. The van der Waals surface area contributed by atoms with Gasteiger partial charge in [0.2, 0.25) is 0 Å². The Kier molecular flexibility index (Phi) is 7.03. The Bertz CT molecular complexity index is 750. The molecule has 0 aliphatic carbocycles. The number of carbonyl (C=O) groups is 1. The maximum atomic E-state index is 11.7. The average Bonchev–Trinajstić information content (AvgIpc) is 2.60. The van der Waals surface area contributed by atoms with Gasteiger partial charge in [-0.3, -0.25) is 0 Å². The second-order valence-corrected chi connectivity index (χ2v) is 5.89. The highest BCUT2D eigenvalue weighted by atomic mass is 35.5. The Labute approximate surface area is 157 Å². The monoisotopic (exact) mass is 378 g/mol. The van der Waals surface area contributed by atoms with E-state index in [1.165, 1.54) is 0 Å². The first-order valence-electron chi connectivity index (χ1n) is 7.68. The van der Waals surface area contributed by atoms with Crippen LogP contribution in [0.3, 0.4) is 0 Å². The molecular weight excluding hydrogens is 360 g/mol. The first-order chi connectivity index (χ1) is 12.0. The molecule has 7 heteroatoms. The van der Waals surface area contributed by atoms with Gasteiger partial charge in [0.05, 0.1) is 24.3 Å². The van der Waals surface area contributed by atoms with E-state index in [2.05, 4.69) is 10.6 Å². The molecule has 2 N–H and O–H groups in total. The third-order valence-electron chi connectivity index (χ3n) is 3.33. The Morgan fingerprint density at radius 3 is 2.52 bits per heavy atom. The second kappa shape index (κ2) is 9.25. The maximum Gasteiger partial charge on any atom is 0.339 e. The van der Waals surface area contributed by atoms with E-state index < -0.39 is 5.97 Å². The Morgan fingerprint density at radius 1 is 1.20 bits per heavy atom. The summed E-state index contributed by atoms with van der Waals surface area (Å²) in [6.45, 7) is 2.62. The lowest BCUT2D eigenvalue weighted by atomic mass is 10.2. The van der Waals surface area contributed by atoms with E-state index in [0.29, 0.717) is 34.5 Å². The van der Waals surface area contributed by atoms with Crippen molar-refractivity contribution in [2.75, 3.05) is 19.0 Å². The van der Waals surface area contributed by atoms with Crippen LogP contribution in [0.5, 0.6) is 5.75 Å². The molecule has 2 aromatic carbocycles. The van der Waals surface area contributed by atoms with Crippen LogP contribution in [0, 0.1) is 0 Å². The highest BCUT2D eigenvalue weighted by Crippen LogP contribution is 2.22. The smallest absolute Gasteiger partial charge is 0.339 e. The molecule has 0 aliphatic heterocycles. The molecule has 0 atom stereocenters. The van der Waals surface area contributed by atoms with Crippen LogP contribution in [-0.4, -0.2) is 24.8 Å². The lowest BCUT2D eigenvalue weighted by Crippen LogP contribution is -2.27. The minimum Gasteiger partial charge on any atom is -0.497 e. The van der Waals surface area contributed by atoms with Gasteiger partial charge >= 0.3 is 5.97 Å². The molecule has 0 spiro atoms. The van der Waals surface area contributed by atoms with Crippen molar-refractivity contribution in [3.63, 3.8) is 0 Å². The highest BCUT2D eigenvalue weighted by molar-refractivity contribution is 7.80. The first kappa shape index (κ1) is 19.0. The number of rotatable bonds is 6. The number of thiocarbonyl (C=S) groups is 1. The number of benzene rings is 2. The van der Waals surface area contributed by atoms with E-state index in [-0.39, 0.29) is 0 Å². The van der Waals surface area contributed by atoms with E-state index in [1.807, 2.05) is 24.3 Å². The average molecular weight is 379 g/mol. The van der Waals surface area contributed by atoms with E-state index in [1.54, 1.807) is 32.2 Å². The molecule has 2 rings (SSSR count). The third kappa shape index (κ3) is 5.62. The lowest BCUT2D eigenvalue weighted by molar-refractivity contribution is 0.0526. The molecule has 0 amide bonds. The van der Waals surface area contributed by atoms with Crippen LogP contribution < -0.4 is 15.4 Å². The SMILES string of the molecule is CCOC(=O)c1ccc(NC(=S)NCc2ccc(OC)cc2)cc1Cl. The fourth-order valence-corrected chi connectivity index (χ4v) is 2.52. The van der Waals surface area contributed by atoms with Crippen molar-refractivity contribution in [3.8, 4) is 5.75 Å². The first-order valence-corrected chi connectivity index (χ1v) is 8.46. The van der Waals surface area contributed by atoms with Crippen LogP contribution in [0.15, 0.2) is 42.5 Å². The summed E-state index contributed by atoms with van der Waals surface area (Å²) in [5.74, 6) is 0.361. The molecule has 132 valence electrons. The van der Waals surface area contributed by atoms with Crippen molar-refractivity contribution in [1.82, 2.24) is 5.32 Å². The number of ether oxygens (including phenoxy) is 2. The number of hydrogen-bond acceptors (Lipinski definition) is 4. The molecule has 0 saturated carbocycles. The maximum absolute atomic E-state index is 11.7. The topological polar surface area (TPSA) is 59.6 Å². The van der Waals surface area contributed by atoms with E-state index in [4.69, 9.17) is 33.3 Å². The van der Waals surface area contributed by atoms with Gasteiger partial charge in [-0.15, -0.1) is 0 Å². The lowest BCUT2D eigenvalue weighted by Gasteiger charge is -2.12. The summed E-state index contributed by atoms with van der Waals surface area (Å²) in [4.78, 5) is 11.7. The van der Waals surface area contributed by atoms with E-state index in [0.717, 1.165) is 11.3 Å². The van der Waals surface area contributed by atoms with Gasteiger partial charge in [0, 0.05) is 12.2 Å². The molecule has 0 aromatic heterocycles. The van der Waals surface area contributed by atoms with Crippen LogP contribution in [0.25, 0.3) is 0 Å². The zero-order valence-corrected chi connectivity index (χ0v) is 15.5. The summed E-state index contributed by atoms with van der Waals surface area (Å²) in [6.07, 6.45) is 0. The quantitative estimate of drug-likeness (QED) is 0.585. The van der Waals surface area contributed by atoms with Crippen LogP contribution in [0.1, 0.15) is 22.8 Å². The Balaban J connectivity index is 1.91. The van der Waals surface area contributed by atoms with Crippen molar-refractivity contribution >= 4 is 40.6 Å². The number of nitrogens with one attached hydrogen (secondary N) is 2. The summed E-state index contributed by atoms with van der Waals surface area (Å²) >= 11 is 11.4. The molecule has 0 heterocycles. The van der Waals surface area contributed by atoms with Crippen LogP contribution in [0.4, 0.5) is 5.69 Å². The number of methoxy groups -OCH3 is 1. The summed E-state index contributed by atoms with van der Waals surface area (Å²) in [5, 5.41) is 6.90. The van der Waals surface area contributed by atoms with E-state index in [9.17, 15) is 4.79 Å². The van der Waals surface area contributed by atoms with Crippen LogP contribution >= 0.6 is 23.8 Å². The summed E-state index contributed by atoms with van der Waals surface area (Å²) in [5.41, 5.74) is 2.08. The fourth-order valence-electron chi connectivity index (χ4n) is 2.07. The van der Waals surface area contributed by atoms with E-state index >= 15 is 0 Å². The number of anilines is 1. The number of hydrogen-bond donors (Lipinski definition) is 2. The van der Waals surface area contributed by atoms with Gasteiger partial charge in [-0.2, -0.15) is 0 Å². The highest BCUT2D eigenvalue weighted by Gasteiger charge is 2.12. The Morgan fingerprint density at radius 2 is 1.92 bits per heavy atom. The fraction of sp³-hybridized carbons (Fsp3) is 0.222. The van der Waals surface area contributed by atoms with Crippen LogP contribution in [-0.2, 0) is 11.3 Å². The minimum absolute atomic E-state index is 0.300. The number of carbonyl (C=O) groups excluding carboxylic acids is 1. The number of esters is 1. The minimum atomic E-state index is -0.445. The Hall–Kier alpha value is -2.31. The zero-order valence-electron chi connectivity index (χ0n) is 14.0. The molecule has 0 radical (unpaired) electrons. The molecule has 0 fully saturated rings. The molecule has 0 unspecified atom stereocenters. The summed E-state index contributed by atoms with van der Waals surface area (Å²) in [7, 11) is 1.63.